The molecule has 0 atom stereocenters. The van der Waals surface area contributed by atoms with Crippen LogP contribution in [0.3, 0.4) is 0 Å². The van der Waals surface area contributed by atoms with Gasteiger partial charge in [-0.05, 0) is 17.0 Å². The van der Waals surface area contributed by atoms with E-state index in [4.69, 9.17) is 0 Å². The van der Waals surface area contributed by atoms with Crippen molar-refractivity contribution in [3.05, 3.63) is 34.7 Å². The lowest BCUT2D eigenvalue weighted by Crippen LogP contribution is -2.05. The van der Waals surface area contributed by atoms with Gasteiger partial charge < -0.3 is 5.11 Å². The summed E-state index contributed by atoms with van der Waals surface area (Å²) in [7, 11) is -2.97. The number of sulfone groups is 1. The van der Waals surface area contributed by atoms with Crippen molar-refractivity contribution >= 4 is 49.0 Å². The minimum atomic E-state index is -2.97. The molecule has 0 radical (unpaired) electrons. The van der Waals surface area contributed by atoms with E-state index >= 15 is 0 Å². The van der Waals surface area contributed by atoms with Gasteiger partial charge in [0, 0.05) is 22.5 Å². The van der Waals surface area contributed by atoms with Crippen LogP contribution in [0, 0.1) is 0 Å². The summed E-state index contributed by atoms with van der Waals surface area (Å²) < 4.78 is 23.1. The third kappa shape index (κ3) is 3.74. The zero-order chi connectivity index (χ0) is 14.8. The quantitative estimate of drug-likeness (QED) is 0.825. The molecule has 0 bridgehead atoms. The lowest BCUT2D eigenvalue weighted by molar-refractivity contribution is 0.0701. The van der Waals surface area contributed by atoms with Crippen LogP contribution >= 0.6 is 23.1 Å². The molecule has 0 aliphatic carbocycles. The van der Waals surface area contributed by atoms with Crippen molar-refractivity contribution in [2.75, 3.05) is 17.8 Å². The first kappa shape index (κ1) is 15.3. The largest absolute Gasteiger partial charge is 0.477 e. The molecule has 0 aliphatic heterocycles. The van der Waals surface area contributed by atoms with Gasteiger partial charge in [0.1, 0.15) is 14.7 Å². The highest BCUT2D eigenvalue weighted by atomic mass is 32.2. The summed E-state index contributed by atoms with van der Waals surface area (Å²) in [5.41, 5.74) is 0.789. The molecule has 0 spiro atoms. The SMILES string of the molecule is CS(=O)(=O)CCSCc1c(C(=O)O)sc2ccccc12. The number of fused-ring (bicyclic) bond motifs is 1. The van der Waals surface area contributed by atoms with Gasteiger partial charge in [-0.2, -0.15) is 11.8 Å². The molecular weight excluding hydrogens is 316 g/mol. The topological polar surface area (TPSA) is 71.4 Å². The second-order valence-corrected chi connectivity index (χ2v) is 8.81. The minimum Gasteiger partial charge on any atom is -0.477 e. The predicted molar refractivity (Wildman–Crippen MR) is 84.7 cm³/mol. The molecule has 2 aromatic rings. The average molecular weight is 330 g/mol. The fourth-order valence-corrected chi connectivity index (χ4v) is 5.28. The van der Waals surface area contributed by atoms with Crippen LogP contribution in [0.15, 0.2) is 24.3 Å². The summed E-state index contributed by atoms with van der Waals surface area (Å²) in [6.45, 7) is 0. The van der Waals surface area contributed by atoms with Crippen LogP contribution < -0.4 is 0 Å². The van der Waals surface area contributed by atoms with Crippen molar-refractivity contribution < 1.29 is 18.3 Å². The van der Waals surface area contributed by atoms with Gasteiger partial charge in [0.2, 0.25) is 0 Å². The number of carboxylic acids is 1. The molecule has 2 rings (SSSR count). The predicted octanol–water partition coefficient (Wildman–Crippen LogP) is 2.88. The van der Waals surface area contributed by atoms with Gasteiger partial charge in [0.25, 0.3) is 0 Å². The second-order valence-electron chi connectivity index (χ2n) is 4.39. The summed E-state index contributed by atoms with van der Waals surface area (Å²) in [6, 6.07) is 7.57. The van der Waals surface area contributed by atoms with Crippen molar-refractivity contribution in [3.63, 3.8) is 0 Å². The molecule has 108 valence electrons. The van der Waals surface area contributed by atoms with E-state index in [0.717, 1.165) is 15.6 Å². The number of thioether (sulfide) groups is 1. The van der Waals surface area contributed by atoms with E-state index in [2.05, 4.69) is 0 Å². The van der Waals surface area contributed by atoms with E-state index < -0.39 is 15.8 Å². The van der Waals surface area contributed by atoms with E-state index in [1.165, 1.54) is 29.4 Å². The molecule has 0 unspecified atom stereocenters. The molecule has 0 amide bonds. The highest BCUT2D eigenvalue weighted by molar-refractivity contribution is 8.00. The third-order valence-electron chi connectivity index (χ3n) is 2.74. The first-order valence-electron chi connectivity index (χ1n) is 5.87. The molecule has 20 heavy (non-hydrogen) atoms. The summed E-state index contributed by atoms with van der Waals surface area (Å²) in [5.74, 6) is 0.177. The zero-order valence-electron chi connectivity index (χ0n) is 10.8. The lowest BCUT2D eigenvalue weighted by Gasteiger charge is -2.02. The fraction of sp³-hybridized carbons (Fsp3) is 0.308. The molecule has 4 nitrogen and oxygen atoms in total. The lowest BCUT2D eigenvalue weighted by atomic mass is 10.1. The molecule has 0 aliphatic rings. The molecule has 1 aromatic carbocycles. The Morgan fingerprint density at radius 1 is 1.35 bits per heavy atom. The van der Waals surface area contributed by atoms with Crippen molar-refractivity contribution in [2.24, 2.45) is 0 Å². The van der Waals surface area contributed by atoms with Gasteiger partial charge in [0.05, 0.1) is 5.75 Å². The zero-order valence-corrected chi connectivity index (χ0v) is 13.3. The van der Waals surface area contributed by atoms with Gasteiger partial charge in [-0.3, -0.25) is 0 Å². The first-order valence-corrected chi connectivity index (χ1v) is 9.91. The van der Waals surface area contributed by atoms with Crippen molar-refractivity contribution in [2.45, 2.75) is 5.75 Å². The normalized spacial score (nSPS) is 11.8. The summed E-state index contributed by atoms with van der Waals surface area (Å²) in [6.07, 6.45) is 1.20. The highest BCUT2D eigenvalue weighted by Crippen LogP contribution is 2.33. The van der Waals surface area contributed by atoms with Crippen LogP contribution in [0.5, 0.6) is 0 Å². The van der Waals surface area contributed by atoms with Gasteiger partial charge in [0.15, 0.2) is 0 Å². The minimum absolute atomic E-state index is 0.113. The number of hydrogen-bond acceptors (Lipinski definition) is 5. The van der Waals surface area contributed by atoms with E-state index in [9.17, 15) is 18.3 Å². The number of thiophene rings is 1. The van der Waals surface area contributed by atoms with Crippen LogP contribution in [-0.2, 0) is 15.6 Å². The number of aromatic carboxylic acids is 1. The Morgan fingerprint density at radius 2 is 2.05 bits per heavy atom. The average Bonchev–Trinajstić information content (AvgIpc) is 2.72. The van der Waals surface area contributed by atoms with E-state index in [-0.39, 0.29) is 5.75 Å². The van der Waals surface area contributed by atoms with Crippen LogP contribution in [0.1, 0.15) is 15.2 Å². The number of carboxylic acid groups (broad SMARTS) is 1. The second kappa shape index (κ2) is 6.15. The Hall–Kier alpha value is -1.05. The van der Waals surface area contributed by atoms with Crippen molar-refractivity contribution in [3.8, 4) is 0 Å². The van der Waals surface area contributed by atoms with Gasteiger partial charge in [-0.15, -0.1) is 11.3 Å². The molecule has 0 saturated carbocycles. The monoisotopic (exact) mass is 330 g/mol. The summed E-state index contributed by atoms with van der Waals surface area (Å²) in [5, 5.41) is 10.2. The van der Waals surface area contributed by atoms with E-state index in [1.54, 1.807) is 0 Å². The number of benzene rings is 1. The van der Waals surface area contributed by atoms with Crippen LogP contribution in [0.4, 0.5) is 0 Å². The number of hydrogen-bond donors (Lipinski definition) is 1. The van der Waals surface area contributed by atoms with Crippen LogP contribution in [0.2, 0.25) is 0 Å². The summed E-state index contributed by atoms with van der Waals surface area (Å²) in [4.78, 5) is 11.6. The van der Waals surface area contributed by atoms with Crippen molar-refractivity contribution in [1.82, 2.24) is 0 Å². The Bertz CT molecular complexity index is 731. The number of carbonyl (C=O) groups is 1. The summed E-state index contributed by atoms with van der Waals surface area (Å²) >= 11 is 2.71. The maximum Gasteiger partial charge on any atom is 0.346 e. The van der Waals surface area contributed by atoms with Gasteiger partial charge >= 0.3 is 5.97 Å². The maximum atomic E-state index is 11.3. The molecule has 1 aromatic heterocycles. The molecule has 7 heteroatoms. The maximum absolute atomic E-state index is 11.3. The smallest absolute Gasteiger partial charge is 0.346 e. The highest BCUT2D eigenvalue weighted by Gasteiger charge is 2.17. The number of rotatable bonds is 6. The molecule has 1 N–H and O–H groups in total. The van der Waals surface area contributed by atoms with Gasteiger partial charge in [-0.25, -0.2) is 13.2 Å². The molecule has 1 heterocycles. The fourth-order valence-electron chi connectivity index (χ4n) is 1.80. The Labute approximate surface area is 125 Å². The molecule has 0 fully saturated rings. The molecule has 0 saturated heterocycles. The van der Waals surface area contributed by atoms with Crippen molar-refractivity contribution in [1.29, 1.82) is 0 Å². The Balaban J connectivity index is 2.19. The third-order valence-corrected chi connectivity index (χ3v) is 6.13. The van der Waals surface area contributed by atoms with E-state index in [1.807, 2.05) is 24.3 Å². The van der Waals surface area contributed by atoms with Crippen LogP contribution in [-0.4, -0.2) is 37.3 Å². The Morgan fingerprint density at radius 3 is 2.70 bits per heavy atom. The standard InChI is InChI=1S/C13H14O4S3/c1-20(16,17)7-6-18-8-10-9-4-2-3-5-11(9)19-12(10)13(14)15/h2-5H,6-8H2,1H3,(H,14,15). The van der Waals surface area contributed by atoms with Crippen LogP contribution in [0.25, 0.3) is 10.1 Å². The van der Waals surface area contributed by atoms with E-state index in [0.29, 0.717) is 16.4 Å². The first-order chi connectivity index (χ1) is 9.38. The molecular formula is C13H14O4S3. The van der Waals surface area contributed by atoms with Gasteiger partial charge in [-0.1, -0.05) is 18.2 Å². The Kier molecular flexibility index (Phi) is 4.72.